The summed E-state index contributed by atoms with van der Waals surface area (Å²) >= 11 is 3.18. The number of carboxylic acid groups (broad SMARTS) is 1. The predicted molar refractivity (Wildman–Crippen MR) is 33.3 cm³/mol. The molecular weight excluding hydrogens is 151 g/mol. The number of carbonyl (C=O) groups excluding carboxylic acids is 1. The second-order valence-electron chi connectivity index (χ2n) is 0.845. The Kier molecular flexibility index (Phi) is 58.3. The minimum atomic E-state index is -1.08. The first-order valence-electron chi connectivity index (χ1n) is 1.97. The second kappa shape index (κ2) is 23.3. The van der Waals surface area contributed by atoms with E-state index in [-0.39, 0.29) is 35.0 Å². The monoisotopic (exact) mass is 162 g/mol. The molecule has 0 fully saturated rings. The second-order valence-corrected chi connectivity index (χ2v) is 1.55. The molecule has 5 heteroatoms. The van der Waals surface area contributed by atoms with Crippen LogP contribution in [-0.2, 0) is 17.4 Å². The minimum Gasteiger partial charge on any atom is -0.870 e. The third kappa shape index (κ3) is 663. The zero-order valence-corrected chi connectivity index (χ0v) is 8.97. The Hall–Kier alpha value is 0.780. The third-order valence-electron chi connectivity index (χ3n) is 0. The van der Waals surface area contributed by atoms with Gasteiger partial charge in [-0.15, -0.1) is 0 Å². The van der Waals surface area contributed by atoms with Crippen molar-refractivity contribution in [1.29, 1.82) is 0 Å². The van der Waals surface area contributed by atoms with E-state index in [1.807, 2.05) is 6.92 Å². The Balaban J connectivity index is -0.0000000233. The summed E-state index contributed by atoms with van der Waals surface area (Å²) in [7, 11) is 0. The van der Waals surface area contributed by atoms with Gasteiger partial charge in [-0.3, -0.25) is 0 Å². The average molecular weight is 162 g/mol. The summed E-state index contributed by atoms with van der Waals surface area (Å²) < 4.78 is 0. The minimum absolute atomic E-state index is 0. The molecule has 0 aliphatic rings. The molecule has 0 aromatic carbocycles. The van der Waals surface area contributed by atoms with E-state index in [4.69, 9.17) is 9.90 Å². The molecule has 0 aliphatic heterocycles. The van der Waals surface area contributed by atoms with Crippen LogP contribution in [0.25, 0.3) is 0 Å². The van der Waals surface area contributed by atoms with Crippen molar-refractivity contribution in [1.82, 2.24) is 0 Å². The summed E-state index contributed by atoms with van der Waals surface area (Å²) in [6, 6.07) is 0. The number of rotatable bonds is 0. The Morgan fingerprint density at radius 1 is 1.67 bits per heavy atom. The SMILES string of the molecule is CC(=O)[O-].CC[SH2+].[Na+].[OH-]. The Morgan fingerprint density at radius 3 is 1.67 bits per heavy atom. The Bertz CT molecular complexity index is 47.1. The van der Waals surface area contributed by atoms with Crippen LogP contribution < -0.4 is 34.7 Å². The van der Waals surface area contributed by atoms with Gasteiger partial charge in [0.1, 0.15) is 5.75 Å². The molecule has 0 spiro atoms. The van der Waals surface area contributed by atoms with E-state index >= 15 is 0 Å². The van der Waals surface area contributed by atoms with Crippen molar-refractivity contribution >= 4 is 18.6 Å². The zero-order valence-electron chi connectivity index (χ0n) is 5.97. The first-order chi connectivity index (χ1) is 3.15. The van der Waals surface area contributed by atoms with Crippen LogP contribution in [-0.4, -0.2) is 17.2 Å². The number of carbonyl (C=O) groups is 1. The molecule has 0 bridgehead atoms. The molecular formula is C4H11NaO3S. The quantitative estimate of drug-likeness (QED) is 0.267. The van der Waals surface area contributed by atoms with Crippen molar-refractivity contribution < 1.29 is 44.9 Å². The molecule has 0 aromatic rings. The summed E-state index contributed by atoms with van der Waals surface area (Å²) in [5.41, 5.74) is 0. The molecule has 0 heterocycles. The molecule has 0 rings (SSSR count). The largest absolute Gasteiger partial charge is 1.00 e. The smallest absolute Gasteiger partial charge is 0.870 e. The van der Waals surface area contributed by atoms with Crippen LogP contribution in [0.1, 0.15) is 13.8 Å². The number of hydrogen-bond donors (Lipinski definition) is 0. The van der Waals surface area contributed by atoms with E-state index in [1.54, 1.807) is 0 Å². The van der Waals surface area contributed by atoms with Gasteiger partial charge in [0.25, 0.3) is 0 Å². The third-order valence-corrected chi connectivity index (χ3v) is 0. The van der Waals surface area contributed by atoms with Crippen LogP contribution in [0.4, 0.5) is 0 Å². The topological polar surface area (TPSA) is 70.1 Å². The zero-order chi connectivity index (χ0) is 6.28. The van der Waals surface area contributed by atoms with Crippen LogP contribution in [0, 0.1) is 0 Å². The maximum atomic E-state index is 8.89. The fraction of sp³-hybridized carbons (Fsp3) is 0.750. The molecule has 0 radical (unpaired) electrons. The van der Waals surface area contributed by atoms with E-state index in [9.17, 15) is 0 Å². The standard InChI is InChI=1S/C2H4O2.C2H6S.Na.H2O/c1-2(3)4;1-2-3;;/h1H3,(H,3,4);3H,2H2,1H3;;1H2/q;;+1;/p-1. The fourth-order valence-corrected chi connectivity index (χ4v) is 0. The first-order valence-corrected chi connectivity index (χ1v) is 2.68. The molecule has 1 N–H and O–H groups in total. The Morgan fingerprint density at radius 2 is 1.67 bits per heavy atom. The molecule has 3 nitrogen and oxygen atoms in total. The molecule has 0 saturated carbocycles. The van der Waals surface area contributed by atoms with Crippen LogP contribution in [0.5, 0.6) is 0 Å². The molecule has 52 valence electrons. The number of carboxylic acids is 1. The van der Waals surface area contributed by atoms with Gasteiger partial charge < -0.3 is 15.4 Å². The van der Waals surface area contributed by atoms with Crippen LogP contribution in [0.15, 0.2) is 0 Å². The van der Waals surface area contributed by atoms with Crippen molar-refractivity contribution in [2.45, 2.75) is 13.8 Å². The Labute approximate surface area is 82.8 Å². The predicted octanol–water partition coefficient (Wildman–Crippen LogP) is -4.40. The van der Waals surface area contributed by atoms with Crippen molar-refractivity contribution in [2.75, 3.05) is 5.75 Å². The maximum Gasteiger partial charge on any atom is 1.00 e. The van der Waals surface area contributed by atoms with E-state index in [2.05, 4.69) is 12.6 Å². The molecule has 0 unspecified atom stereocenters. The van der Waals surface area contributed by atoms with Crippen LogP contribution >= 0.6 is 0 Å². The number of hydrogen-bond acceptors (Lipinski definition) is 3. The van der Waals surface area contributed by atoms with Gasteiger partial charge in [0.05, 0.1) is 0 Å². The molecule has 0 atom stereocenters. The maximum absolute atomic E-state index is 8.89. The van der Waals surface area contributed by atoms with E-state index in [0.717, 1.165) is 12.7 Å². The van der Waals surface area contributed by atoms with Crippen molar-refractivity contribution in [3.63, 3.8) is 0 Å². The van der Waals surface area contributed by atoms with E-state index in [1.165, 1.54) is 0 Å². The van der Waals surface area contributed by atoms with Gasteiger partial charge in [0.15, 0.2) is 0 Å². The summed E-state index contributed by atoms with van der Waals surface area (Å²) in [5, 5.41) is 8.89. The van der Waals surface area contributed by atoms with Crippen LogP contribution in [0.2, 0.25) is 0 Å². The molecule has 0 aliphatic carbocycles. The summed E-state index contributed by atoms with van der Waals surface area (Å²) in [4.78, 5) is 8.89. The van der Waals surface area contributed by atoms with Gasteiger partial charge in [-0.25, -0.2) is 0 Å². The van der Waals surface area contributed by atoms with Gasteiger partial charge in [-0.1, -0.05) is 0 Å². The normalized spacial score (nSPS) is 4.78. The summed E-state index contributed by atoms with van der Waals surface area (Å²) in [6.07, 6.45) is 0. The summed E-state index contributed by atoms with van der Waals surface area (Å²) in [6.45, 7) is 3.01. The molecule has 9 heavy (non-hydrogen) atoms. The van der Waals surface area contributed by atoms with Gasteiger partial charge in [-0.2, -0.15) is 0 Å². The van der Waals surface area contributed by atoms with E-state index < -0.39 is 5.97 Å². The molecule has 0 saturated heterocycles. The fourth-order valence-electron chi connectivity index (χ4n) is 0. The molecule has 0 aromatic heterocycles. The van der Waals surface area contributed by atoms with Crippen molar-refractivity contribution in [3.05, 3.63) is 0 Å². The summed E-state index contributed by atoms with van der Waals surface area (Å²) in [5.74, 6) is -0.0278. The first kappa shape index (κ1) is 22.6. The van der Waals surface area contributed by atoms with E-state index in [0.29, 0.717) is 0 Å². The molecule has 0 amide bonds. The van der Waals surface area contributed by atoms with Gasteiger partial charge in [-0.05, 0) is 26.5 Å². The van der Waals surface area contributed by atoms with Gasteiger partial charge in [0, 0.05) is 5.97 Å². The number of aliphatic carboxylic acids is 1. The van der Waals surface area contributed by atoms with Crippen molar-refractivity contribution in [3.8, 4) is 0 Å². The van der Waals surface area contributed by atoms with Gasteiger partial charge in [0.2, 0.25) is 0 Å². The van der Waals surface area contributed by atoms with Crippen molar-refractivity contribution in [2.24, 2.45) is 0 Å². The van der Waals surface area contributed by atoms with Gasteiger partial charge >= 0.3 is 29.6 Å². The average Bonchev–Trinajstić information content (AvgIpc) is 1.33. The van der Waals surface area contributed by atoms with Crippen LogP contribution in [0.3, 0.4) is 0 Å².